The van der Waals surface area contributed by atoms with Crippen LogP contribution in [0.4, 0.5) is 11.4 Å². The Hall–Kier alpha value is -2.40. The highest BCUT2D eigenvalue weighted by Gasteiger charge is 2.20. The van der Waals surface area contributed by atoms with Gasteiger partial charge in [0.15, 0.2) is 11.5 Å². The molecule has 1 heterocycles. The zero-order chi connectivity index (χ0) is 14.8. The van der Waals surface area contributed by atoms with Crippen molar-refractivity contribution < 1.29 is 14.3 Å². The molecule has 0 saturated carbocycles. The highest BCUT2D eigenvalue weighted by atomic mass is 35.5. The average molecular weight is 305 g/mol. The molecule has 0 fully saturated rings. The lowest BCUT2D eigenvalue weighted by atomic mass is 10.1. The van der Waals surface area contributed by atoms with Gasteiger partial charge in [0.05, 0.1) is 16.9 Å². The minimum Gasteiger partial charge on any atom is -0.486 e. The van der Waals surface area contributed by atoms with Crippen molar-refractivity contribution in [3.05, 3.63) is 47.0 Å². The summed E-state index contributed by atoms with van der Waals surface area (Å²) in [4.78, 5) is 12.4. The molecule has 108 valence electrons. The van der Waals surface area contributed by atoms with E-state index in [0.717, 1.165) is 0 Å². The van der Waals surface area contributed by atoms with Gasteiger partial charge in [0.25, 0.3) is 5.91 Å². The third-order valence-electron chi connectivity index (χ3n) is 3.07. The molecule has 0 atom stereocenters. The van der Waals surface area contributed by atoms with Crippen LogP contribution in [0.2, 0.25) is 5.02 Å². The number of para-hydroxylation sites is 1. The molecule has 2 aromatic carbocycles. The van der Waals surface area contributed by atoms with Crippen molar-refractivity contribution in [2.75, 3.05) is 24.3 Å². The van der Waals surface area contributed by atoms with Gasteiger partial charge in [0.1, 0.15) is 13.2 Å². The Morgan fingerprint density at radius 3 is 2.86 bits per heavy atom. The van der Waals surface area contributed by atoms with Crippen LogP contribution >= 0.6 is 11.6 Å². The maximum absolute atomic E-state index is 12.4. The summed E-state index contributed by atoms with van der Waals surface area (Å²) in [6.45, 7) is 0.885. The predicted molar refractivity (Wildman–Crippen MR) is 81.2 cm³/mol. The fraction of sp³-hybridized carbons (Fsp3) is 0.133. The first-order valence-corrected chi connectivity index (χ1v) is 6.78. The summed E-state index contributed by atoms with van der Waals surface area (Å²) < 4.78 is 11.0. The third kappa shape index (κ3) is 2.73. The van der Waals surface area contributed by atoms with E-state index in [1.165, 1.54) is 0 Å². The van der Waals surface area contributed by atoms with Crippen LogP contribution < -0.4 is 20.5 Å². The summed E-state index contributed by atoms with van der Waals surface area (Å²) >= 11 is 5.91. The largest absolute Gasteiger partial charge is 0.486 e. The Kier molecular flexibility index (Phi) is 3.58. The number of hydrogen-bond acceptors (Lipinski definition) is 4. The topological polar surface area (TPSA) is 73.6 Å². The molecular weight excluding hydrogens is 292 g/mol. The van der Waals surface area contributed by atoms with E-state index in [9.17, 15) is 4.79 Å². The minimum atomic E-state index is -0.327. The zero-order valence-electron chi connectivity index (χ0n) is 11.1. The molecule has 0 saturated heterocycles. The summed E-state index contributed by atoms with van der Waals surface area (Å²) in [5.41, 5.74) is 7.12. The number of halogens is 1. The van der Waals surface area contributed by atoms with Gasteiger partial charge in [-0.1, -0.05) is 17.7 Å². The first kappa shape index (κ1) is 13.6. The van der Waals surface area contributed by atoms with Crippen LogP contribution in [-0.2, 0) is 0 Å². The quantitative estimate of drug-likeness (QED) is 0.837. The first-order chi connectivity index (χ1) is 10.1. The lowest BCUT2D eigenvalue weighted by molar-refractivity contribution is 0.101. The van der Waals surface area contributed by atoms with Crippen LogP contribution in [0.1, 0.15) is 10.4 Å². The molecule has 0 bridgehead atoms. The summed E-state index contributed by atoms with van der Waals surface area (Å²) in [6, 6.07) is 10.1. The van der Waals surface area contributed by atoms with E-state index >= 15 is 0 Å². The molecule has 0 radical (unpaired) electrons. The number of nitrogen functional groups attached to an aromatic ring is 1. The molecule has 1 amide bonds. The molecular formula is C15H13ClN2O3. The number of carbonyl (C=O) groups is 1. The molecule has 0 unspecified atom stereocenters. The molecule has 2 aromatic rings. The van der Waals surface area contributed by atoms with Crippen LogP contribution in [-0.4, -0.2) is 19.1 Å². The van der Waals surface area contributed by atoms with Crippen molar-refractivity contribution in [2.24, 2.45) is 0 Å². The number of rotatable bonds is 2. The van der Waals surface area contributed by atoms with E-state index in [0.29, 0.717) is 46.7 Å². The van der Waals surface area contributed by atoms with Crippen LogP contribution in [0.25, 0.3) is 0 Å². The Labute approximate surface area is 126 Å². The molecule has 21 heavy (non-hydrogen) atoms. The summed E-state index contributed by atoms with van der Waals surface area (Å²) in [5.74, 6) is 0.682. The Morgan fingerprint density at radius 1 is 1.19 bits per heavy atom. The second-order valence-corrected chi connectivity index (χ2v) is 4.95. The van der Waals surface area contributed by atoms with Crippen molar-refractivity contribution in [3.8, 4) is 11.5 Å². The molecule has 1 aliphatic heterocycles. The number of hydrogen-bond donors (Lipinski definition) is 2. The van der Waals surface area contributed by atoms with Gasteiger partial charge in [-0.05, 0) is 30.3 Å². The number of anilines is 2. The Bertz CT molecular complexity index is 703. The fourth-order valence-electron chi connectivity index (χ4n) is 2.08. The van der Waals surface area contributed by atoms with Gasteiger partial charge in [-0.3, -0.25) is 4.79 Å². The number of nitrogens with one attached hydrogen (secondary N) is 1. The summed E-state index contributed by atoms with van der Waals surface area (Å²) in [5, 5.41) is 3.23. The molecule has 3 N–H and O–H groups in total. The maximum atomic E-state index is 12.4. The lowest BCUT2D eigenvalue weighted by Crippen LogP contribution is -2.20. The number of carbonyl (C=O) groups excluding carboxylic acids is 1. The van der Waals surface area contributed by atoms with Crippen molar-refractivity contribution in [2.45, 2.75) is 0 Å². The number of benzene rings is 2. The first-order valence-electron chi connectivity index (χ1n) is 6.40. The predicted octanol–water partition coefficient (Wildman–Crippen LogP) is 2.95. The SMILES string of the molecule is Nc1ccc(Cl)cc1NC(=O)c1cccc2c1OCCO2. The van der Waals surface area contributed by atoms with Crippen molar-refractivity contribution in [1.29, 1.82) is 0 Å². The second-order valence-electron chi connectivity index (χ2n) is 4.52. The highest BCUT2D eigenvalue weighted by molar-refractivity contribution is 6.31. The van der Waals surface area contributed by atoms with Gasteiger partial charge >= 0.3 is 0 Å². The average Bonchev–Trinajstić information content (AvgIpc) is 2.50. The summed E-state index contributed by atoms with van der Waals surface area (Å²) in [6.07, 6.45) is 0. The molecule has 5 nitrogen and oxygen atoms in total. The number of ether oxygens (including phenoxy) is 2. The summed E-state index contributed by atoms with van der Waals surface area (Å²) in [7, 11) is 0. The lowest BCUT2D eigenvalue weighted by Gasteiger charge is -2.20. The van der Waals surface area contributed by atoms with E-state index in [-0.39, 0.29) is 5.91 Å². The molecule has 1 aliphatic rings. The minimum absolute atomic E-state index is 0.327. The van der Waals surface area contributed by atoms with Crippen molar-refractivity contribution in [1.82, 2.24) is 0 Å². The maximum Gasteiger partial charge on any atom is 0.259 e. The van der Waals surface area contributed by atoms with E-state index < -0.39 is 0 Å². The van der Waals surface area contributed by atoms with Gasteiger partial charge in [-0.15, -0.1) is 0 Å². The standard InChI is InChI=1S/C15H13ClN2O3/c16-9-4-5-11(17)12(8-9)18-15(19)10-2-1-3-13-14(10)21-7-6-20-13/h1-5,8H,6-7,17H2,(H,18,19). The van der Waals surface area contributed by atoms with Crippen LogP contribution in [0.3, 0.4) is 0 Å². The Morgan fingerprint density at radius 2 is 2.00 bits per heavy atom. The van der Waals surface area contributed by atoms with Gasteiger partial charge in [0, 0.05) is 5.02 Å². The normalized spacial score (nSPS) is 12.8. The third-order valence-corrected chi connectivity index (χ3v) is 3.31. The number of fused-ring (bicyclic) bond motifs is 1. The van der Waals surface area contributed by atoms with Gasteiger partial charge < -0.3 is 20.5 Å². The van der Waals surface area contributed by atoms with E-state index in [2.05, 4.69) is 5.32 Å². The molecule has 0 spiro atoms. The molecule has 6 heteroatoms. The molecule has 3 rings (SSSR count). The van der Waals surface area contributed by atoms with E-state index in [1.54, 1.807) is 36.4 Å². The van der Waals surface area contributed by atoms with Crippen LogP contribution in [0.15, 0.2) is 36.4 Å². The van der Waals surface area contributed by atoms with E-state index in [4.69, 9.17) is 26.8 Å². The fourth-order valence-corrected chi connectivity index (χ4v) is 2.25. The zero-order valence-corrected chi connectivity index (χ0v) is 11.8. The monoisotopic (exact) mass is 304 g/mol. The number of amides is 1. The van der Waals surface area contributed by atoms with Gasteiger partial charge in [0.2, 0.25) is 0 Å². The van der Waals surface area contributed by atoms with Crippen LogP contribution in [0, 0.1) is 0 Å². The van der Waals surface area contributed by atoms with Gasteiger partial charge in [-0.25, -0.2) is 0 Å². The van der Waals surface area contributed by atoms with Crippen molar-refractivity contribution in [3.63, 3.8) is 0 Å². The molecule has 0 aliphatic carbocycles. The number of nitrogens with two attached hydrogens (primary N) is 1. The van der Waals surface area contributed by atoms with E-state index in [1.807, 2.05) is 0 Å². The smallest absolute Gasteiger partial charge is 0.259 e. The molecule has 0 aromatic heterocycles. The van der Waals surface area contributed by atoms with Gasteiger partial charge in [-0.2, -0.15) is 0 Å². The second kappa shape index (κ2) is 5.54. The van der Waals surface area contributed by atoms with Crippen molar-refractivity contribution >= 4 is 28.9 Å². The van der Waals surface area contributed by atoms with Crippen LogP contribution in [0.5, 0.6) is 11.5 Å². The Balaban J connectivity index is 1.91. The highest BCUT2D eigenvalue weighted by Crippen LogP contribution is 2.34.